The van der Waals surface area contributed by atoms with Crippen molar-refractivity contribution in [2.75, 3.05) is 0 Å². The molecule has 5 unspecified atom stereocenters. The van der Waals surface area contributed by atoms with Crippen LogP contribution in [-0.4, -0.2) is 62.1 Å². The Morgan fingerprint density at radius 3 is 2.24 bits per heavy atom. The Bertz CT molecular complexity index is 1160. The highest BCUT2D eigenvalue weighted by Crippen LogP contribution is 2.70. The number of carbonyl (C=O) groups is 4. The molecule has 2 saturated carbocycles. The molecule has 0 aromatic carbocycles. The molecule has 0 saturated heterocycles. The van der Waals surface area contributed by atoms with Crippen LogP contribution in [0.15, 0.2) is 22.8 Å². The van der Waals surface area contributed by atoms with Gasteiger partial charge in [0.1, 0.15) is 11.9 Å². The van der Waals surface area contributed by atoms with Crippen molar-refractivity contribution in [3.63, 3.8) is 0 Å². The summed E-state index contributed by atoms with van der Waals surface area (Å²) in [6.45, 7) is 12.4. The number of ketones is 3. The molecule has 0 radical (unpaired) electrons. The van der Waals surface area contributed by atoms with Gasteiger partial charge in [-0.2, -0.15) is 0 Å². The van der Waals surface area contributed by atoms with E-state index in [1.54, 1.807) is 13.8 Å². The first kappa shape index (κ1) is 28.8. The van der Waals surface area contributed by atoms with Gasteiger partial charge in [-0.25, -0.2) is 4.79 Å². The topological polar surface area (TPSA) is 149 Å². The molecular weight excluding hydrogens is 488 g/mol. The van der Waals surface area contributed by atoms with Gasteiger partial charge in [-0.3, -0.25) is 14.4 Å². The Morgan fingerprint density at radius 2 is 1.66 bits per heavy atom. The van der Waals surface area contributed by atoms with Crippen molar-refractivity contribution in [2.24, 2.45) is 39.4 Å². The van der Waals surface area contributed by atoms with Crippen molar-refractivity contribution < 1.29 is 39.6 Å². The maximum Gasteiger partial charge on any atom is 0.331 e. The summed E-state index contributed by atoms with van der Waals surface area (Å²) in [6, 6.07) is 0. The quantitative estimate of drug-likeness (QED) is 0.396. The van der Waals surface area contributed by atoms with E-state index in [2.05, 4.69) is 0 Å². The highest BCUT2D eigenvalue weighted by molar-refractivity contribution is 6.17. The van der Waals surface area contributed by atoms with E-state index in [9.17, 15) is 34.5 Å². The van der Waals surface area contributed by atoms with Gasteiger partial charge in [0.05, 0.1) is 17.6 Å². The van der Waals surface area contributed by atoms with Crippen LogP contribution in [-0.2, 0) is 19.2 Å². The van der Waals surface area contributed by atoms with E-state index in [0.29, 0.717) is 12.8 Å². The second-order valence-electron chi connectivity index (χ2n) is 13.6. The van der Waals surface area contributed by atoms with E-state index in [-0.39, 0.29) is 59.4 Å². The number of carboxylic acids is 1. The molecule has 8 heteroatoms. The molecule has 4 aliphatic carbocycles. The summed E-state index contributed by atoms with van der Waals surface area (Å²) >= 11 is 0. The summed E-state index contributed by atoms with van der Waals surface area (Å²) in [7, 11) is 0. The first-order valence-electron chi connectivity index (χ1n) is 13.7. The zero-order valence-electron chi connectivity index (χ0n) is 23.5. The van der Waals surface area contributed by atoms with Gasteiger partial charge in [-0.05, 0) is 62.4 Å². The molecule has 9 atom stereocenters. The Hall–Kier alpha value is -2.16. The maximum atomic E-state index is 14.1. The number of carbonyl (C=O) groups excluding carboxylic acids is 3. The van der Waals surface area contributed by atoms with Crippen molar-refractivity contribution in [3.8, 4) is 0 Å². The molecule has 38 heavy (non-hydrogen) atoms. The highest BCUT2D eigenvalue weighted by Gasteiger charge is 2.73. The Kier molecular flexibility index (Phi) is 6.78. The van der Waals surface area contributed by atoms with E-state index in [1.165, 1.54) is 13.0 Å². The smallest absolute Gasteiger partial charge is 0.331 e. The fourth-order valence-electron chi connectivity index (χ4n) is 8.82. The monoisotopic (exact) mass is 530 g/mol. The lowest BCUT2D eigenvalue weighted by Gasteiger charge is -2.60. The van der Waals surface area contributed by atoms with E-state index in [1.807, 2.05) is 27.7 Å². The number of aliphatic hydroxyl groups excluding tert-OH is 3. The zero-order valence-corrected chi connectivity index (χ0v) is 23.5. The second-order valence-corrected chi connectivity index (χ2v) is 13.6. The third-order valence-corrected chi connectivity index (χ3v) is 11.4. The van der Waals surface area contributed by atoms with Gasteiger partial charge in [-0.1, -0.05) is 34.6 Å². The van der Waals surface area contributed by atoms with E-state index >= 15 is 0 Å². The number of aliphatic hydroxyl groups is 3. The fraction of sp³-hybridized carbons (Fsp3) is 0.733. The van der Waals surface area contributed by atoms with Gasteiger partial charge in [-0.15, -0.1) is 0 Å². The molecule has 4 rings (SSSR count). The van der Waals surface area contributed by atoms with Gasteiger partial charge < -0.3 is 20.4 Å². The van der Waals surface area contributed by atoms with Crippen LogP contribution in [0.2, 0.25) is 0 Å². The lowest BCUT2D eigenvalue weighted by molar-refractivity contribution is -0.159. The van der Waals surface area contributed by atoms with Crippen molar-refractivity contribution in [2.45, 2.75) is 98.9 Å². The zero-order chi connectivity index (χ0) is 28.7. The first-order chi connectivity index (χ1) is 17.4. The molecule has 0 aromatic heterocycles. The lowest BCUT2D eigenvalue weighted by atomic mass is 9.42. The molecule has 0 aromatic rings. The minimum Gasteiger partial charge on any atom is -0.478 e. The summed E-state index contributed by atoms with van der Waals surface area (Å²) < 4.78 is 0. The van der Waals surface area contributed by atoms with Crippen LogP contribution >= 0.6 is 0 Å². The second kappa shape index (κ2) is 8.93. The molecule has 0 spiro atoms. The lowest BCUT2D eigenvalue weighted by Crippen LogP contribution is -2.64. The molecule has 4 aliphatic rings. The third-order valence-electron chi connectivity index (χ3n) is 11.4. The number of allylic oxidation sites excluding steroid dienone is 1. The predicted molar refractivity (Wildman–Crippen MR) is 139 cm³/mol. The van der Waals surface area contributed by atoms with Crippen LogP contribution in [0.4, 0.5) is 0 Å². The number of carboxylic acid groups (broad SMARTS) is 1. The maximum absolute atomic E-state index is 14.1. The van der Waals surface area contributed by atoms with E-state index < -0.39 is 57.6 Å². The Morgan fingerprint density at radius 1 is 1.05 bits per heavy atom. The Labute approximate surface area is 224 Å². The SMILES string of the molecule is C/C(=C\C(O)C[C@@H](C)C1CC(=O)[C@@]2(C)C3=C(C(=O)[C@@H](O)C12C)C1(C)CC[C@H](O)C(C)(C)C1CC3=O)C(=O)O. The molecular formula is C30H42O8. The number of fused-ring (bicyclic) bond motifs is 4. The summed E-state index contributed by atoms with van der Waals surface area (Å²) in [5.41, 5.74) is -3.51. The van der Waals surface area contributed by atoms with Gasteiger partial charge in [0.15, 0.2) is 11.6 Å². The van der Waals surface area contributed by atoms with Crippen LogP contribution in [0.25, 0.3) is 0 Å². The number of hydrogen-bond donors (Lipinski definition) is 4. The van der Waals surface area contributed by atoms with Crippen LogP contribution in [0, 0.1) is 39.4 Å². The van der Waals surface area contributed by atoms with Crippen LogP contribution in [0.5, 0.6) is 0 Å². The van der Waals surface area contributed by atoms with Crippen molar-refractivity contribution in [1.29, 1.82) is 0 Å². The molecule has 2 fully saturated rings. The van der Waals surface area contributed by atoms with Crippen molar-refractivity contribution in [3.05, 3.63) is 22.8 Å². The van der Waals surface area contributed by atoms with Crippen molar-refractivity contribution >= 4 is 23.3 Å². The average Bonchev–Trinajstić information content (AvgIpc) is 3.03. The van der Waals surface area contributed by atoms with Gasteiger partial charge >= 0.3 is 5.97 Å². The molecule has 0 amide bonds. The summed E-state index contributed by atoms with van der Waals surface area (Å²) in [6.07, 6.45) is -0.718. The summed E-state index contributed by atoms with van der Waals surface area (Å²) in [5, 5.41) is 42.2. The molecule has 0 aliphatic heterocycles. The van der Waals surface area contributed by atoms with Gasteiger partial charge in [0.25, 0.3) is 0 Å². The largest absolute Gasteiger partial charge is 0.478 e. The first-order valence-corrected chi connectivity index (χ1v) is 13.7. The fourth-order valence-corrected chi connectivity index (χ4v) is 8.82. The summed E-state index contributed by atoms with van der Waals surface area (Å²) in [5.74, 6) is -3.28. The van der Waals surface area contributed by atoms with Crippen LogP contribution in [0.1, 0.15) is 80.6 Å². The number of Topliss-reactive ketones (excluding diaryl/α,β-unsaturated/α-hetero) is 3. The molecule has 210 valence electrons. The van der Waals surface area contributed by atoms with Crippen LogP contribution < -0.4 is 0 Å². The molecule has 0 heterocycles. The molecule has 8 nitrogen and oxygen atoms in total. The van der Waals surface area contributed by atoms with Gasteiger partial charge in [0, 0.05) is 40.4 Å². The molecule has 4 N–H and O–H groups in total. The third kappa shape index (κ3) is 3.59. The van der Waals surface area contributed by atoms with Crippen molar-refractivity contribution in [1.82, 2.24) is 0 Å². The predicted octanol–water partition coefficient (Wildman–Crippen LogP) is 3.02. The number of rotatable bonds is 5. The summed E-state index contributed by atoms with van der Waals surface area (Å²) in [4.78, 5) is 53.1. The minimum atomic E-state index is -1.52. The average molecular weight is 531 g/mol. The number of hydrogen-bond acceptors (Lipinski definition) is 7. The minimum absolute atomic E-state index is 0.00190. The van der Waals surface area contributed by atoms with E-state index in [4.69, 9.17) is 5.11 Å². The number of aliphatic carboxylic acids is 1. The highest BCUT2D eigenvalue weighted by atomic mass is 16.4. The van der Waals surface area contributed by atoms with E-state index in [0.717, 1.165) is 0 Å². The normalized spacial score (nSPS) is 42.4. The van der Waals surface area contributed by atoms with Gasteiger partial charge in [0.2, 0.25) is 0 Å². The molecule has 0 bridgehead atoms. The Balaban J connectivity index is 1.82. The van der Waals surface area contributed by atoms with Crippen LogP contribution in [0.3, 0.4) is 0 Å². The standard InChI is InChI=1S/C30H42O8/c1-14(10-16(31)11-15(2)26(37)38)17-12-21(34)30(7)22-18(32)13-19-27(3,4)20(33)8-9-28(19,5)23(22)24(35)25(36)29(17,30)6/h11,14,16-17,19-20,25,31,33,36H,8-10,12-13H2,1-7H3,(H,37,38)/b15-11+/t14-,16?,17?,19?,20+,25-,28?,29?,30+/m1/s1.